The highest BCUT2D eigenvalue weighted by Crippen LogP contribution is 2.29. The molecule has 1 aromatic rings. The highest BCUT2D eigenvalue weighted by molar-refractivity contribution is 5.92. The van der Waals surface area contributed by atoms with Gasteiger partial charge < -0.3 is 4.52 Å². The number of hydrogen-bond donors (Lipinski definition) is 1. The lowest BCUT2D eigenvalue weighted by atomic mass is 10.4. The van der Waals surface area contributed by atoms with E-state index in [2.05, 4.69) is 20.0 Å². The van der Waals surface area contributed by atoms with Crippen molar-refractivity contribution in [3.63, 3.8) is 0 Å². The number of hydrogen-bond acceptors (Lipinski definition) is 4. The van der Waals surface area contributed by atoms with Gasteiger partial charge in [-0.05, 0) is 18.0 Å². The topological polar surface area (TPSA) is 68.0 Å². The molecule has 5 nitrogen and oxygen atoms in total. The van der Waals surface area contributed by atoms with E-state index in [1.807, 2.05) is 0 Å². The van der Waals surface area contributed by atoms with Crippen molar-refractivity contribution in [1.82, 2.24) is 10.1 Å². The van der Waals surface area contributed by atoms with Crippen LogP contribution in [0.2, 0.25) is 0 Å². The Morgan fingerprint density at radius 2 is 2.42 bits per heavy atom. The van der Waals surface area contributed by atoms with Crippen molar-refractivity contribution in [2.45, 2.75) is 19.8 Å². The molecule has 1 fully saturated rings. The van der Waals surface area contributed by atoms with E-state index in [4.69, 9.17) is 0 Å². The van der Waals surface area contributed by atoms with Crippen LogP contribution in [0.1, 0.15) is 18.7 Å². The lowest BCUT2D eigenvalue weighted by Crippen LogP contribution is -2.14. The van der Waals surface area contributed by atoms with Crippen LogP contribution < -0.4 is 5.32 Å². The summed E-state index contributed by atoms with van der Waals surface area (Å²) in [6.07, 6.45) is 1.95. The van der Waals surface area contributed by atoms with E-state index in [-0.39, 0.29) is 17.8 Å². The Hall–Kier alpha value is -1.39. The molecule has 0 atom stereocenters. The highest BCUT2D eigenvalue weighted by atomic mass is 16.5. The summed E-state index contributed by atoms with van der Waals surface area (Å²) in [5.74, 6) is 0.894. The van der Waals surface area contributed by atoms with Gasteiger partial charge in [-0.1, -0.05) is 0 Å². The van der Waals surface area contributed by atoms with Gasteiger partial charge in [0.25, 0.3) is 5.95 Å². The SMILES string of the molecule is Cc1nc(NC(=O)C2CC2)no1. The Kier molecular flexibility index (Phi) is 1.56. The fourth-order valence-electron chi connectivity index (χ4n) is 0.908. The van der Waals surface area contributed by atoms with Gasteiger partial charge in [0.1, 0.15) is 0 Å². The molecule has 1 amide bonds. The second-order valence-electron chi connectivity index (χ2n) is 2.90. The molecule has 2 rings (SSSR count). The summed E-state index contributed by atoms with van der Waals surface area (Å²) in [4.78, 5) is 15.0. The lowest BCUT2D eigenvalue weighted by molar-refractivity contribution is -0.117. The molecule has 1 aliphatic rings. The van der Waals surface area contributed by atoms with Gasteiger partial charge in [-0.15, -0.1) is 0 Å². The van der Waals surface area contributed by atoms with Crippen molar-refractivity contribution in [2.75, 3.05) is 5.32 Å². The molecule has 1 N–H and O–H groups in total. The first-order valence-corrected chi connectivity index (χ1v) is 3.87. The van der Waals surface area contributed by atoms with Crippen LogP contribution in [0, 0.1) is 12.8 Å². The molecule has 1 aromatic heterocycles. The smallest absolute Gasteiger partial charge is 0.270 e. The van der Waals surface area contributed by atoms with E-state index in [0.29, 0.717) is 5.89 Å². The molecule has 0 aromatic carbocycles. The van der Waals surface area contributed by atoms with Crippen LogP contribution in [0.25, 0.3) is 0 Å². The average Bonchev–Trinajstić information content (AvgIpc) is 2.78. The minimum atomic E-state index is -0.00389. The average molecular weight is 167 g/mol. The van der Waals surface area contributed by atoms with E-state index >= 15 is 0 Å². The van der Waals surface area contributed by atoms with Crippen molar-refractivity contribution in [2.24, 2.45) is 5.92 Å². The fourth-order valence-corrected chi connectivity index (χ4v) is 0.908. The summed E-state index contributed by atoms with van der Waals surface area (Å²) in [6.45, 7) is 1.68. The van der Waals surface area contributed by atoms with E-state index in [0.717, 1.165) is 12.8 Å². The maximum Gasteiger partial charge on any atom is 0.270 e. The maximum absolute atomic E-state index is 11.2. The summed E-state index contributed by atoms with van der Waals surface area (Å²) in [6, 6.07) is 0. The predicted molar refractivity (Wildman–Crippen MR) is 40.4 cm³/mol. The number of carbonyl (C=O) groups is 1. The van der Waals surface area contributed by atoms with E-state index in [1.54, 1.807) is 6.92 Å². The summed E-state index contributed by atoms with van der Waals surface area (Å²) < 4.78 is 4.69. The van der Waals surface area contributed by atoms with Crippen molar-refractivity contribution in [3.05, 3.63) is 5.89 Å². The zero-order chi connectivity index (χ0) is 8.55. The van der Waals surface area contributed by atoms with Gasteiger partial charge >= 0.3 is 0 Å². The highest BCUT2D eigenvalue weighted by Gasteiger charge is 2.30. The maximum atomic E-state index is 11.2. The van der Waals surface area contributed by atoms with E-state index < -0.39 is 0 Å². The third-order valence-corrected chi connectivity index (χ3v) is 1.71. The quantitative estimate of drug-likeness (QED) is 0.704. The first-order chi connectivity index (χ1) is 5.75. The van der Waals surface area contributed by atoms with Gasteiger partial charge in [0, 0.05) is 12.8 Å². The van der Waals surface area contributed by atoms with Crippen LogP contribution in [0.15, 0.2) is 4.52 Å². The van der Waals surface area contributed by atoms with Crippen molar-refractivity contribution in [1.29, 1.82) is 0 Å². The van der Waals surface area contributed by atoms with Gasteiger partial charge in [-0.3, -0.25) is 10.1 Å². The molecule has 64 valence electrons. The number of nitrogens with zero attached hydrogens (tertiary/aromatic N) is 2. The summed E-state index contributed by atoms with van der Waals surface area (Å²) >= 11 is 0. The van der Waals surface area contributed by atoms with Crippen molar-refractivity contribution in [3.8, 4) is 0 Å². The number of nitrogens with one attached hydrogen (secondary N) is 1. The summed E-state index contributed by atoms with van der Waals surface area (Å²) in [7, 11) is 0. The lowest BCUT2D eigenvalue weighted by Gasteiger charge is -1.94. The minimum absolute atomic E-state index is 0.00389. The van der Waals surface area contributed by atoms with Gasteiger partial charge in [0.05, 0.1) is 0 Å². The van der Waals surface area contributed by atoms with Crippen LogP contribution in [-0.2, 0) is 4.79 Å². The number of aryl methyl sites for hydroxylation is 1. The standard InChI is InChI=1S/C7H9N3O2/c1-4-8-7(10-12-4)9-6(11)5-2-3-5/h5H,2-3H2,1H3,(H,9,10,11). The minimum Gasteiger partial charge on any atom is -0.338 e. The molecule has 1 aliphatic carbocycles. The molecule has 0 bridgehead atoms. The van der Waals surface area contributed by atoms with Gasteiger partial charge in [-0.25, -0.2) is 0 Å². The monoisotopic (exact) mass is 167 g/mol. The van der Waals surface area contributed by atoms with Crippen LogP contribution in [0.5, 0.6) is 0 Å². The zero-order valence-corrected chi connectivity index (χ0v) is 6.70. The number of rotatable bonds is 2. The van der Waals surface area contributed by atoms with Crippen LogP contribution in [0.3, 0.4) is 0 Å². The Bertz CT molecular complexity index is 303. The van der Waals surface area contributed by atoms with Crippen LogP contribution in [-0.4, -0.2) is 16.0 Å². The molecular weight excluding hydrogens is 158 g/mol. The Morgan fingerprint density at radius 3 is 2.92 bits per heavy atom. The molecular formula is C7H9N3O2. The number of anilines is 1. The molecule has 1 saturated carbocycles. The van der Waals surface area contributed by atoms with Crippen molar-refractivity contribution >= 4 is 11.9 Å². The molecule has 0 aliphatic heterocycles. The molecule has 0 radical (unpaired) electrons. The third kappa shape index (κ3) is 1.44. The van der Waals surface area contributed by atoms with Gasteiger partial charge in [-0.2, -0.15) is 4.98 Å². The third-order valence-electron chi connectivity index (χ3n) is 1.71. The fraction of sp³-hybridized carbons (Fsp3) is 0.571. The van der Waals surface area contributed by atoms with Crippen LogP contribution in [0.4, 0.5) is 5.95 Å². The number of carbonyl (C=O) groups excluding carboxylic acids is 1. The largest absolute Gasteiger partial charge is 0.338 e. The van der Waals surface area contributed by atoms with E-state index in [1.165, 1.54) is 0 Å². The Labute approximate surface area is 69.1 Å². The summed E-state index contributed by atoms with van der Waals surface area (Å²) in [5.41, 5.74) is 0. The van der Waals surface area contributed by atoms with Crippen LogP contribution >= 0.6 is 0 Å². The molecule has 0 saturated heterocycles. The second-order valence-corrected chi connectivity index (χ2v) is 2.90. The molecule has 0 unspecified atom stereocenters. The summed E-state index contributed by atoms with van der Waals surface area (Å²) in [5, 5.41) is 6.12. The Morgan fingerprint density at radius 1 is 1.67 bits per heavy atom. The zero-order valence-electron chi connectivity index (χ0n) is 6.70. The molecule has 12 heavy (non-hydrogen) atoms. The Balaban J connectivity index is 1.98. The molecule has 5 heteroatoms. The predicted octanol–water partition coefficient (Wildman–Crippen LogP) is 0.727. The normalized spacial score (nSPS) is 16.1. The van der Waals surface area contributed by atoms with E-state index in [9.17, 15) is 4.79 Å². The van der Waals surface area contributed by atoms with Gasteiger partial charge in [0.2, 0.25) is 11.8 Å². The van der Waals surface area contributed by atoms with Gasteiger partial charge in [0.15, 0.2) is 0 Å². The second kappa shape index (κ2) is 2.58. The first-order valence-electron chi connectivity index (χ1n) is 3.87. The van der Waals surface area contributed by atoms with Crippen molar-refractivity contribution < 1.29 is 9.32 Å². The molecule has 0 spiro atoms. The first kappa shape index (κ1) is 7.27. The number of aromatic nitrogens is 2. The number of amides is 1. The molecule has 1 heterocycles.